The third kappa shape index (κ3) is 6.76. The summed E-state index contributed by atoms with van der Waals surface area (Å²) in [5, 5.41) is 0. The SMILES string of the molecule is O=S(=O)(O)c1sc(SSc2sc(S(=O)(=O)O)c(S(=O)(=O)O)c2S(=O)(=O)O)c(S(=O)(=O)O)c1S(=O)(=O)O. The second-order valence-electron chi connectivity index (χ2n) is 5.69. The number of rotatable bonds is 9. The molecule has 0 saturated heterocycles. The van der Waals surface area contributed by atoms with Crippen molar-refractivity contribution >= 4 is 105 Å². The van der Waals surface area contributed by atoms with Crippen LogP contribution < -0.4 is 0 Å². The summed E-state index contributed by atoms with van der Waals surface area (Å²) in [5.41, 5.74) is 0. The first-order chi connectivity index (χ1) is 15.7. The average Bonchev–Trinajstić information content (AvgIpc) is 3.17. The lowest BCUT2D eigenvalue weighted by Gasteiger charge is -2.04. The van der Waals surface area contributed by atoms with E-state index in [1.807, 2.05) is 0 Å². The van der Waals surface area contributed by atoms with Crippen molar-refractivity contribution in [3.63, 3.8) is 0 Å². The summed E-state index contributed by atoms with van der Waals surface area (Å²) in [5.74, 6) is 0. The lowest BCUT2D eigenvalue weighted by molar-refractivity contribution is 0.458. The minimum absolute atomic E-state index is 0.205. The minimum Gasteiger partial charge on any atom is -0.282 e. The predicted octanol–water partition coefficient (Wildman–Crippen LogP) is 0.0892. The Balaban J connectivity index is 2.94. The molecule has 206 valence electrons. The van der Waals surface area contributed by atoms with Crippen molar-refractivity contribution in [1.82, 2.24) is 0 Å². The van der Waals surface area contributed by atoms with Gasteiger partial charge in [0.1, 0.15) is 19.6 Å². The Hall–Kier alpha value is -0.440. The summed E-state index contributed by atoms with van der Waals surface area (Å²) in [6, 6.07) is 0. The maximum atomic E-state index is 11.7. The zero-order valence-electron chi connectivity index (χ0n) is 15.7. The molecule has 0 bridgehead atoms. The van der Waals surface area contributed by atoms with E-state index in [2.05, 4.69) is 0 Å². The van der Waals surface area contributed by atoms with Crippen LogP contribution in [0.15, 0.2) is 36.4 Å². The zero-order valence-corrected chi connectivity index (χ0v) is 23.8. The molecule has 0 aromatic carbocycles. The standard InChI is InChI=1S/C8H6O18S10/c9-31(10,11)1-3(33(15,16)17)7(35(21,22)23)27-5(1)29-30-6-2(32(12,13)14)4(34(18,19)20)8(28-6)36(24,25)26/h(H,9,10,11)(H,12,13,14)(H,15,16,17)(H,18,19,20)(H,21,22,23)(H,24,25,26). The average molecular weight is 711 g/mol. The van der Waals surface area contributed by atoms with Gasteiger partial charge in [-0.2, -0.15) is 50.5 Å². The topological polar surface area (TPSA) is 326 Å². The van der Waals surface area contributed by atoms with Crippen molar-refractivity contribution < 1.29 is 77.8 Å². The van der Waals surface area contributed by atoms with Gasteiger partial charge in [0.05, 0.1) is 8.42 Å². The highest BCUT2D eigenvalue weighted by Crippen LogP contribution is 2.53. The molecule has 2 aromatic heterocycles. The molecule has 0 unspecified atom stereocenters. The van der Waals surface area contributed by atoms with E-state index in [-0.39, 0.29) is 21.6 Å². The Bertz CT molecular complexity index is 1760. The fraction of sp³-hybridized carbons (Fsp3) is 0. The molecule has 0 aliphatic heterocycles. The van der Waals surface area contributed by atoms with Crippen LogP contribution in [-0.4, -0.2) is 77.8 Å². The molecule has 2 heterocycles. The van der Waals surface area contributed by atoms with Crippen LogP contribution in [0.2, 0.25) is 0 Å². The van der Waals surface area contributed by atoms with Crippen LogP contribution in [0.25, 0.3) is 0 Å². The fourth-order valence-corrected chi connectivity index (χ4v) is 17.2. The van der Waals surface area contributed by atoms with Crippen molar-refractivity contribution in [3.05, 3.63) is 0 Å². The highest BCUT2D eigenvalue weighted by molar-refractivity contribution is 8.77. The molecule has 0 saturated carbocycles. The maximum absolute atomic E-state index is 11.7. The van der Waals surface area contributed by atoms with E-state index in [9.17, 15) is 77.8 Å². The molecule has 0 radical (unpaired) electrons. The van der Waals surface area contributed by atoms with Crippen LogP contribution in [0.3, 0.4) is 0 Å². The van der Waals surface area contributed by atoms with Gasteiger partial charge in [-0.15, -0.1) is 22.7 Å². The van der Waals surface area contributed by atoms with Crippen LogP contribution in [0, 0.1) is 0 Å². The van der Waals surface area contributed by atoms with Gasteiger partial charge >= 0.3 is 20.2 Å². The van der Waals surface area contributed by atoms with Gasteiger partial charge in [0.15, 0.2) is 8.42 Å². The van der Waals surface area contributed by atoms with Crippen LogP contribution in [0.4, 0.5) is 0 Å². The monoisotopic (exact) mass is 710 g/mol. The quantitative estimate of drug-likeness (QED) is 0.148. The number of thiophene rings is 2. The lowest BCUT2D eigenvalue weighted by Crippen LogP contribution is -2.10. The molecule has 0 atom stereocenters. The van der Waals surface area contributed by atoms with Gasteiger partial charge in [0.25, 0.3) is 40.5 Å². The van der Waals surface area contributed by atoms with Crippen molar-refractivity contribution in [1.29, 1.82) is 0 Å². The smallest absolute Gasteiger partial charge is 0.282 e. The molecular weight excluding hydrogens is 705 g/mol. The number of hydrogen-bond donors (Lipinski definition) is 6. The van der Waals surface area contributed by atoms with E-state index in [4.69, 9.17) is 0 Å². The Labute approximate surface area is 217 Å². The van der Waals surface area contributed by atoms with Crippen LogP contribution in [0.1, 0.15) is 0 Å². The maximum Gasteiger partial charge on any atom is 0.305 e. The van der Waals surface area contributed by atoms with Gasteiger partial charge in [-0.3, -0.25) is 27.3 Å². The molecule has 2 rings (SSSR count). The Kier molecular flexibility index (Phi) is 8.50. The van der Waals surface area contributed by atoms with Gasteiger partial charge in [-0.05, 0) is 21.6 Å². The van der Waals surface area contributed by atoms with Crippen molar-refractivity contribution in [3.8, 4) is 0 Å². The third-order valence-electron chi connectivity index (χ3n) is 3.22. The van der Waals surface area contributed by atoms with E-state index in [1.165, 1.54) is 0 Å². The van der Waals surface area contributed by atoms with Crippen molar-refractivity contribution in [2.45, 2.75) is 36.4 Å². The zero-order chi connectivity index (χ0) is 28.4. The lowest BCUT2D eigenvalue weighted by atomic mass is 10.6. The molecule has 28 heteroatoms. The van der Waals surface area contributed by atoms with Gasteiger partial charge in [0.2, 0.25) is 0 Å². The molecule has 6 N–H and O–H groups in total. The van der Waals surface area contributed by atoms with Crippen molar-refractivity contribution in [2.24, 2.45) is 0 Å². The number of hydrogen-bond acceptors (Lipinski definition) is 16. The van der Waals surface area contributed by atoms with Crippen LogP contribution >= 0.6 is 44.3 Å². The Morgan fingerprint density at radius 3 is 0.778 bits per heavy atom. The second-order valence-corrected chi connectivity index (χ2v) is 19.1. The molecular formula is C8H6O18S10. The Morgan fingerprint density at radius 1 is 0.389 bits per heavy atom. The summed E-state index contributed by atoms with van der Waals surface area (Å²) in [7, 11) is -34.8. The molecule has 2 aromatic rings. The summed E-state index contributed by atoms with van der Waals surface area (Å²) >= 11 is -0.830. The molecule has 0 aliphatic rings. The van der Waals surface area contributed by atoms with Crippen molar-refractivity contribution in [2.75, 3.05) is 0 Å². The molecule has 36 heavy (non-hydrogen) atoms. The molecule has 18 nitrogen and oxygen atoms in total. The molecule has 0 aliphatic carbocycles. The first-order valence-corrected chi connectivity index (χ1v) is 19.6. The normalized spacial score (nSPS) is 14.3. The summed E-state index contributed by atoms with van der Waals surface area (Å²) in [6.45, 7) is 0. The van der Waals surface area contributed by atoms with E-state index in [0.29, 0.717) is 0 Å². The largest absolute Gasteiger partial charge is 0.305 e. The van der Waals surface area contributed by atoms with Crippen LogP contribution in [-0.2, 0) is 60.7 Å². The summed E-state index contributed by atoms with van der Waals surface area (Å²) in [4.78, 5) is -7.71. The van der Waals surface area contributed by atoms with Gasteiger partial charge in [-0.1, -0.05) is 0 Å². The molecule has 0 spiro atoms. The first-order valence-electron chi connectivity index (χ1n) is 7.21. The fourth-order valence-electron chi connectivity index (χ4n) is 2.14. The van der Waals surface area contributed by atoms with E-state index >= 15 is 0 Å². The van der Waals surface area contributed by atoms with Crippen LogP contribution in [0.5, 0.6) is 0 Å². The third-order valence-corrected chi connectivity index (χ3v) is 16.6. The summed E-state index contributed by atoms with van der Waals surface area (Å²) in [6.07, 6.45) is 0. The highest BCUT2D eigenvalue weighted by Gasteiger charge is 2.41. The first kappa shape index (κ1) is 31.8. The molecule has 0 amide bonds. The van der Waals surface area contributed by atoms with Gasteiger partial charge in [0, 0.05) is 0 Å². The second kappa shape index (κ2) is 9.63. The summed E-state index contributed by atoms with van der Waals surface area (Å²) < 4.78 is 189. The minimum atomic E-state index is -5.81. The molecule has 0 fully saturated rings. The van der Waals surface area contributed by atoms with Gasteiger partial charge in [-0.25, -0.2) is 0 Å². The van der Waals surface area contributed by atoms with E-state index in [0.717, 1.165) is 0 Å². The van der Waals surface area contributed by atoms with E-state index in [1.54, 1.807) is 0 Å². The predicted molar refractivity (Wildman–Crippen MR) is 119 cm³/mol. The highest BCUT2D eigenvalue weighted by atomic mass is 33.1. The van der Waals surface area contributed by atoms with E-state index < -0.39 is 120 Å². The Morgan fingerprint density at radius 2 is 0.611 bits per heavy atom. The van der Waals surface area contributed by atoms with Gasteiger partial charge < -0.3 is 0 Å².